The van der Waals surface area contributed by atoms with Gasteiger partial charge in [0.2, 0.25) is 0 Å². The molecule has 1 unspecified atom stereocenters. The molecule has 26 heavy (non-hydrogen) atoms. The second kappa shape index (κ2) is 6.20. The molecule has 1 aromatic carbocycles. The maximum atomic E-state index is 12.9. The van der Waals surface area contributed by atoms with Crippen LogP contribution in [0.4, 0.5) is 0 Å². The summed E-state index contributed by atoms with van der Waals surface area (Å²) in [5.74, 6) is -1.45. The minimum absolute atomic E-state index is 0.0899. The van der Waals surface area contributed by atoms with Crippen LogP contribution in [-0.2, 0) is 14.1 Å². The zero-order chi connectivity index (χ0) is 19.3. The summed E-state index contributed by atoms with van der Waals surface area (Å²) < 4.78 is 12.1. The number of Topliss-reactive ketones (excluding diaryl/α,β-unsaturated/α-hetero) is 1. The molecule has 1 saturated heterocycles. The van der Waals surface area contributed by atoms with E-state index in [9.17, 15) is 14.7 Å². The summed E-state index contributed by atoms with van der Waals surface area (Å²) in [4.78, 5) is 24.5. The third-order valence-corrected chi connectivity index (χ3v) is 6.48. The van der Waals surface area contributed by atoms with Crippen LogP contribution in [0.3, 0.4) is 0 Å². The Hall–Kier alpha value is -1.66. The Labute approximate surface area is 155 Å². The van der Waals surface area contributed by atoms with E-state index in [2.05, 4.69) is 0 Å². The van der Waals surface area contributed by atoms with Gasteiger partial charge in [-0.25, -0.2) is 0 Å². The minimum atomic E-state index is -0.971. The van der Waals surface area contributed by atoms with Gasteiger partial charge < -0.3 is 14.4 Å². The molecule has 1 aliphatic carbocycles. The number of ketones is 1. The van der Waals surface area contributed by atoms with E-state index in [1.54, 1.807) is 19.1 Å². The van der Waals surface area contributed by atoms with E-state index in [0.717, 1.165) is 11.9 Å². The molecule has 0 amide bonds. The van der Waals surface area contributed by atoms with Crippen LogP contribution in [0.2, 0.25) is 0 Å². The fraction of sp³-hybridized carbons (Fsp3) is 0.600. The number of carbonyl (C=O) groups excluding carboxylic acids is 1. The molecule has 0 aromatic heterocycles. The number of benzene rings is 1. The fourth-order valence-corrected chi connectivity index (χ4v) is 3.83. The lowest BCUT2D eigenvalue weighted by Gasteiger charge is -2.32. The van der Waals surface area contributed by atoms with E-state index in [0.29, 0.717) is 18.4 Å². The van der Waals surface area contributed by atoms with Crippen molar-refractivity contribution in [1.82, 2.24) is 0 Å². The molecular formula is C20H27BO5. The average Bonchev–Trinajstić information content (AvgIpc) is 3.05. The third-order valence-electron chi connectivity index (χ3n) is 6.48. The summed E-state index contributed by atoms with van der Waals surface area (Å²) in [7, 11) is -0.472. The number of rotatable bonds is 4. The van der Waals surface area contributed by atoms with Crippen LogP contribution in [0.5, 0.6) is 0 Å². The molecule has 2 fully saturated rings. The number of hydrogen-bond acceptors (Lipinski definition) is 4. The normalized spacial score (nSPS) is 29.7. The summed E-state index contributed by atoms with van der Waals surface area (Å²) in [6, 6.07) is 7.18. The monoisotopic (exact) mass is 358 g/mol. The Morgan fingerprint density at radius 2 is 1.58 bits per heavy atom. The minimum Gasteiger partial charge on any atom is -0.481 e. The first-order chi connectivity index (χ1) is 12.0. The van der Waals surface area contributed by atoms with Crippen molar-refractivity contribution in [2.75, 3.05) is 0 Å². The van der Waals surface area contributed by atoms with Gasteiger partial charge >= 0.3 is 13.1 Å². The average molecular weight is 358 g/mol. The molecule has 2 aliphatic rings. The largest absolute Gasteiger partial charge is 0.494 e. The highest BCUT2D eigenvalue weighted by atomic mass is 16.7. The first-order valence-corrected chi connectivity index (χ1v) is 9.21. The van der Waals surface area contributed by atoms with Gasteiger partial charge in [-0.1, -0.05) is 30.7 Å². The molecule has 1 aromatic rings. The molecule has 2 atom stereocenters. The maximum Gasteiger partial charge on any atom is 0.494 e. The van der Waals surface area contributed by atoms with E-state index in [-0.39, 0.29) is 5.78 Å². The molecule has 0 radical (unpaired) electrons. The van der Waals surface area contributed by atoms with Gasteiger partial charge in [0.1, 0.15) is 0 Å². The van der Waals surface area contributed by atoms with Gasteiger partial charge in [-0.3, -0.25) is 9.59 Å². The first kappa shape index (κ1) is 19.1. The van der Waals surface area contributed by atoms with Crippen molar-refractivity contribution in [3.8, 4) is 0 Å². The van der Waals surface area contributed by atoms with E-state index in [1.807, 2.05) is 39.8 Å². The van der Waals surface area contributed by atoms with Crippen LogP contribution in [0.1, 0.15) is 64.2 Å². The van der Waals surface area contributed by atoms with Crippen LogP contribution in [0.15, 0.2) is 24.3 Å². The van der Waals surface area contributed by atoms with Crippen molar-refractivity contribution in [3.05, 3.63) is 29.8 Å². The zero-order valence-corrected chi connectivity index (χ0v) is 16.2. The Balaban J connectivity index is 1.78. The predicted octanol–water partition coefficient (Wildman–Crippen LogP) is 3.06. The smallest absolute Gasteiger partial charge is 0.481 e. The highest BCUT2D eigenvalue weighted by Crippen LogP contribution is 2.45. The number of aliphatic carboxylic acids is 1. The van der Waals surface area contributed by atoms with Crippen molar-refractivity contribution < 1.29 is 24.0 Å². The van der Waals surface area contributed by atoms with Crippen LogP contribution < -0.4 is 5.46 Å². The van der Waals surface area contributed by atoms with Gasteiger partial charge in [0, 0.05) is 11.5 Å². The van der Waals surface area contributed by atoms with Crippen molar-refractivity contribution >= 4 is 24.3 Å². The number of hydrogen-bond donors (Lipinski definition) is 1. The van der Waals surface area contributed by atoms with Gasteiger partial charge in [0.05, 0.1) is 16.6 Å². The topological polar surface area (TPSA) is 72.8 Å². The summed E-state index contributed by atoms with van der Waals surface area (Å²) in [6.45, 7) is 9.68. The molecule has 5 nitrogen and oxygen atoms in total. The molecule has 1 saturated carbocycles. The summed E-state index contributed by atoms with van der Waals surface area (Å²) >= 11 is 0. The van der Waals surface area contributed by atoms with Crippen molar-refractivity contribution in [3.63, 3.8) is 0 Å². The van der Waals surface area contributed by atoms with Gasteiger partial charge in [-0.2, -0.15) is 0 Å². The fourth-order valence-electron chi connectivity index (χ4n) is 3.83. The van der Waals surface area contributed by atoms with Gasteiger partial charge in [0.15, 0.2) is 5.78 Å². The lowest BCUT2D eigenvalue weighted by Crippen LogP contribution is -2.41. The molecule has 1 heterocycles. The number of carboxylic acids is 1. The standard InChI is InChI=1S/C20H27BO5/c1-18(2)19(3,4)26-21(25-18)14-10-8-13(9-11-14)16(22)15-7-6-12-20(15,5)17(23)24/h8-11,15H,6-7,12H2,1-5H3,(H,23,24)/t15?,20-/m1/s1. The molecule has 140 valence electrons. The van der Waals surface area contributed by atoms with Crippen LogP contribution in [-0.4, -0.2) is 35.2 Å². The maximum absolute atomic E-state index is 12.9. The Morgan fingerprint density at radius 3 is 2.08 bits per heavy atom. The Bertz CT molecular complexity index is 708. The van der Waals surface area contributed by atoms with Gasteiger partial charge in [0.25, 0.3) is 0 Å². The summed E-state index contributed by atoms with van der Waals surface area (Å²) in [6.07, 6.45) is 1.94. The van der Waals surface area contributed by atoms with Crippen LogP contribution >= 0.6 is 0 Å². The summed E-state index contributed by atoms with van der Waals surface area (Å²) in [5, 5.41) is 9.54. The van der Waals surface area contributed by atoms with E-state index < -0.39 is 35.6 Å². The molecule has 1 N–H and O–H groups in total. The zero-order valence-electron chi connectivity index (χ0n) is 16.2. The van der Waals surface area contributed by atoms with Gasteiger partial charge in [-0.05, 0) is 52.9 Å². The number of carbonyl (C=O) groups is 2. The Kier molecular flexibility index (Phi) is 4.56. The predicted molar refractivity (Wildman–Crippen MR) is 99.6 cm³/mol. The van der Waals surface area contributed by atoms with E-state index in [4.69, 9.17) is 9.31 Å². The SMILES string of the molecule is CC1(C)OB(c2ccc(C(=O)C3CCC[C@@]3(C)C(=O)O)cc2)OC1(C)C. The first-order valence-electron chi connectivity index (χ1n) is 9.21. The van der Waals surface area contributed by atoms with E-state index >= 15 is 0 Å². The lowest BCUT2D eigenvalue weighted by atomic mass is 9.75. The summed E-state index contributed by atoms with van der Waals surface area (Å²) in [5.41, 5.74) is -0.405. The quantitative estimate of drug-likeness (QED) is 0.662. The third kappa shape index (κ3) is 2.99. The van der Waals surface area contributed by atoms with Crippen LogP contribution in [0, 0.1) is 11.3 Å². The van der Waals surface area contributed by atoms with Gasteiger partial charge in [-0.15, -0.1) is 0 Å². The van der Waals surface area contributed by atoms with E-state index in [1.165, 1.54) is 0 Å². The number of carboxylic acid groups (broad SMARTS) is 1. The molecule has 0 spiro atoms. The highest BCUT2D eigenvalue weighted by molar-refractivity contribution is 6.62. The highest BCUT2D eigenvalue weighted by Gasteiger charge is 2.52. The second-order valence-corrected chi connectivity index (χ2v) is 8.74. The molecule has 3 rings (SSSR count). The second-order valence-electron chi connectivity index (χ2n) is 8.74. The van der Waals surface area contributed by atoms with Crippen molar-refractivity contribution in [1.29, 1.82) is 0 Å². The molecular weight excluding hydrogens is 331 g/mol. The van der Waals surface area contributed by atoms with Crippen molar-refractivity contribution in [2.24, 2.45) is 11.3 Å². The lowest BCUT2D eigenvalue weighted by molar-refractivity contribution is -0.149. The Morgan fingerprint density at radius 1 is 1.04 bits per heavy atom. The van der Waals surface area contributed by atoms with Crippen molar-refractivity contribution in [2.45, 2.75) is 65.1 Å². The molecule has 6 heteroatoms. The molecule has 1 aliphatic heterocycles. The van der Waals surface area contributed by atoms with Crippen LogP contribution in [0.25, 0.3) is 0 Å². The molecule has 0 bridgehead atoms.